The summed E-state index contributed by atoms with van der Waals surface area (Å²) >= 11 is 0. The van der Waals surface area contributed by atoms with Gasteiger partial charge in [-0.3, -0.25) is 14.7 Å². The number of nitrogens with zero attached hydrogens (tertiary/aromatic N) is 1. The Balaban J connectivity index is 1.38. The van der Waals surface area contributed by atoms with Gasteiger partial charge in [0.05, 0.1) is 11.8 Å². The predicted molar refractivity (Wildman–Crippen MR) is 101 cm³/mol. The number of carbonyl (C=O) groups excluding carboxylic acids is 2. The molecule has 2 saturated carbocycles. The second-order valence-electron chi connectivity index (χ2n) is 9.27. The van der Waals surface area contributed by atoms with E-state index in [1.807, 2.05) is 6.92 Å². The van der Waals surface area contributed by atoms with Gasteiger partial charge in [0.15, 0.2) is 0 Å². The summed E-state index contributed by atoms with van der Waals surface area (Å²) in [6.45, 7) is 9.35. The molecule has 1 aromatic heterocycles. The minimum Gasteiger partial charge on any atom is -0.356 e. The Kier molecular flexibility index (Phi) is 5.39. The summed E-state index contributed by atoms with van der Waals surface area (Å²) in [5.41, 5.74) is 1.66. The van der Waals surface area contributed by atoms with Gasteiger partial charge < -0.3 is 10.6 Å². The summed E-state index contributed by atoms with van der Waals surface area (Å²) < 4.78 is 0. The average molecular weight is 361 g/mol. The first-order valence-electron chi connectivity index (χ1n) is 9.82. The predicted octanol–water partition coefficient (Wildman–Crippen LogP) is 2.81. The Morgan fingerprint density at radius 1 is 1.27 bits per heavy atom. The van der Waals surface area contributed by atoms with Gasteiger partial charge in [-0.2, -0.15) is 5.10 Å². The van der Waals surface area contributed by atoms with E-state index in [4.69, 9.17) is 0 Å². The molecule has 2 fully saturated rings. The number of carbonyl (C=O) groups is 2. The lowest BCUT2D eigenvalue weighted by Gasteiger charge is -2.39. The molecule has 0 radical (unpaired) electrons. The van der Waals surface area contributed by atoms with Gasteiger partial charge in [0.1, 0.15) is 0 Å². The third-order valence-electron chi connectivity index (χ3n) is 5.97. The Morgan fingerprint density at radius 3 is 2.62 bits per heavy atom. The molecule has 0 bridgehead atoms. The third-order valence-corrected chi connectivity index (χ3v) is 5.97. The Hall–Kier alpha value is -1.85. The number of rotatable bonds is 5. The number of amides is 2. The lowest BCUT2D eigenvalue weighted by atomic mass is 9.68. The maximum atomic E-state index is 12.5. The van der Waals surface area contributed by atoms with E-state index in [1.54, 1.807) is 6.20 Å². The van der Waals surface area contributed by atoms with E-state index in [0.717, 1.165) is 37.9 Å². The number of hydrogen-bond acceptors (Lipinski definition) is 3. The monoisotopic (exact) mass is 360 g/mol. The zero-order chi connectivity index (χ0) is 18.9. The van der Waals surface area contributed by atoms with E-state index < -0.39 is 0 Å². The van der Waals surface area contributed by atoms with Crippen LogP contribution in [0.25, 0.3) is 0 Å². The molecule has 6 heteroatoms. The van der Waals surface area contributed by atoms with Crippen LogP contribution in [0.4, 0.5) is 0 Å². The fourth-order valence-corrected chi connectivity index (χ4v) is 4.80. The third kappa shape index (κ3) is 4.46. The van der Waals surface area contributed by atoms with Gasteiger partial charge >= 0.3 is 0 Å². The molecule has 2 atom stereocenters. The standard InChI is InChI=1S/C20H32N4O2/c1-12-5-15(9-20(3,4)8-12)18(25)21-10-14-6-16(7-14)23-19(26)17-11-22-24-13(17)2/h11-12,14-16H,5-10H2,1-4H3,(H,21,25)(H,22,24)(H,23,26)/t12-,14?,15+,16?/m1/s1. The van der Waals surface area contributed by atoms with Crippen LogP contribution in [0.5, 0.6) is 0 Å². The highest BCUT2D eigenvalue weighted by Crippen LogP contribution is 2.41. The highest BCUT2D eigenvalue weighted by Gasteiger charge is 2.36. The smallest absolute Gasteiger partial charge is 0.254 e. The normalized spacial score (nSPS) is 30.3. The van der Waals surface area contributed by atoms with Gasteiger partial charge in [0, 0.05) is 24.2 Å². The Morgan fingerprint density at radius 2 is 2.00 bits per heavy atom. The maximum Gasteiger partial charge on any atom is 0.254 e. The van der Waals surface area contributed by atoms with E-state index in [-0.39, 0.29) is 29.2 Å². The fourth-order valence-electron chi connectivity index (χ4n) is 4.80. The lowest BCUT2D eigenvalue weighted by Crippen LogP contribution is -2.48. The number of aryl methyl sites for hydroxylation is 1. The molecule has 3 N–H and O–H groups in total. The SMILES string of the molecule is Cc1[nH]ncc1C(=O)NC1CC(CNC(=O)[C@H]2C[C@@H](C)CC(C)(C)C2)C1. The zero-order valence-corrected chi connectivity index (χ0v) is 16.4. The summed E-state index contributed by atoms with van der Waals surface area (Å²) in [5.74, 6) is 1.37. The first-order chi connectivity index (χ1) is 12.2. The van der Waals surface area contributed by atoms with Crippen LogP contribution in [0.1, 0.15) is 68.9 Å². The molecule has 6 nitrogen and oxygen atoms in total. The van der Waals surface area contributed by atoms with Crippen molar-refractivity contribution in [1.29, 1.82) is 0 Å². The van der Waals surface area contributed by atoms with Crippen LogP contribution in [0, 0.1) is 30.1 Å². The number of hydrogen-bond donors (Lipinski definition) is 3. The van der Waals surface area contributed by atoms with E-state index in [0.29, 0.717) is 17.4 Å². The molecule has 2 aliphatic carbocycles. The second-order valence-corrected chi connectivity index (χ2v) is 9.27. The van der Waals surface area contributed by atoms with Crippen molar-refractivity contribution in [2.75, 3.05) is 6.54 Å². The number of H-pyrrole nitrogens is 1. The summed E-state index contributed by atoms with van der Waals surface area (Å²) in [4.78, 5) is 24.7. The second kappa shape index (κ2) is 7.41. The molecule has 144 valence electrons. The van der Waals surface area contributed by atoms with E-state index in [2.05, 4.69) is 41.6 Å². The van der Waals surface area contributed by atoms with Crippen molar-refractivity contribution in [3.63, 3.8) is 0 Å². The van der Waals surface area contributed by atoms with Crippen molar-refractivity contribution in [2.45, 2.75) is 65.8 Å². The van der Waals surface area contributed by atoms with Crippen LogP contribution in [-0.4, -0.2) is 34.6 Å². The van der Waals surface area contributed by atoms with Crippen molar-refractivity contribution in [1.82, 2.24) is 20.8 Å². The lowest BCUT2D eigenvalue weighted by molar-refractivity contribution is -0.128. The molecular weight excluding hydrogens is 328 g/mol. The zero-order valence-electron chi connectivity index (χ0n) is 16.4. The fraction of sp³-hybridized carbons (Fsp3) is 0.750. The Bertz CT molecular complexity index is 661. The quantitative estimate of drug-likeness (QED) is 0.754. The maximum absolute atomic E-state index is 12.5. The summed E-state index contributed by atoms with van der Waals surface area (Å²) in [6.07, 6.45) is 6.61. The first kappa shape index (κ1) is 18.9. The van der Waals surface area contributed by atoms with Crippen LogP contribution < -0.4 is 10.6 Å². The van der Waals surface area contributed by atoms with Crippen molar-refractivity contribution >= 4 is 11.8 Å². The van der Waals surface area contributed by atoms with Crippen molar-refractivity contribution < 1.29 is 9.59 Å². The van der Waals surface area contributed by atoms with Crippen molar-refractivity contribution in [3.8, 4) is 0 Å². The van der Waals surface area contributed by atoms with Crippen molar-refractivity contribution in [2.24, 2.45) is 23.2 Å². The molecule has 0 unspecified atom stereocenters. The average Bonchev–Trinajstić information content (AvgIpc) is 2.93. The van der Waals surface area contributed by atoms with Gasteiger partial charge in [-0.1, -0.05) is 20.8 Å². The summed E-state index contributed by atoms with van der Waals surface area (Å²) in [6, 6.07) is 0.201. The first-order valence-corrected chi connectivity index (χ1v) is 9.82. The molecular formula is C20H32N4O2. The molecule has 2 aliphatic rings. The van der Waals surface area contributed by atoms with Crippen LogP contribution in [0.3, 0.4) is 0 Å². The van der Waals surface area contributed by atoms with Gasteiger partial charge in [-0.15, -0.1) is 0 Å². The van der Waals surface area contributed by atoms with Crippen LogP contribution in [0.15, 0.2) is 6.20 Å². The van der Waals surface area contributed by atoms with Gasteiger partial charge in [0.2, 0.25) is 5.91 Å². The molecule has 3 rings (SSSR count). The number of nitrogens with one attached hydrogen (secondary N) is 3. The summed E-state index contributed by atoms with van der Waals surface area (Å²) in [7, 11) is 0. The minimum absolute atomic E-state index is 0.0674. The topological polar surface area (TPSA) is 86.9 Å². The highest BCUT2D eigenvalue weighted by atomic mass is 16.2. The minimum atomic E-state index is -0.0674. The summed E-state index contributed by atoms with van der Waals surface area (Å²) in [5, 5.41) is 12.9. The largest absolute Gasteiger partial charge is 0.356 e. The molecule has 0 saturated heterocycles. The number of aromatic nitrogens is 2. The van der Waals surface area contributed by atoms with Gasteiger partial charge in [-0.05, 0) is 56.3 Å². The van der Waals surface area contributed by atoms with E-state index in [1.165, 1.54) is 6.42 Å². The molecule has 0 aromatic carbocycles. The van der Waals surface area contributed by atoms with Crippen LogP contribution >= 0.6 is 0 Å². The van der Waals surface area contributed by atoms with Crippen LogP contribution in [0.2, 0.25) is 0 Å². The molecule has 1 aromatic rings. The number of aromatic amines is 1. The Labute approximate surface area is 155 Å². The van der Waals surface area contributed by atoms with Crippen LogP contribution in [-0.2, 0) is 4.79 Å². The molecule has 1 heterocycles. The molecule has 2 amide bonds. The molecule has 0 spiro atoms. The van der Waals surface area contributed by atoms with Crippen molar-refractivity contribution in [3.05, 3.63) is 17.5 Å². The van der Waals surface area contributed by atoms with E-state index in [9.17, 15) is 9.59 Å². The van der Waals surface area contributed by atoms with Gasteiger partial charge in [0.25, 0.3) is 5.91 Å². The van der Waals surface area contributed by atoms with Gasteiger partial charge in [-0.25, -0.2) is 0 Å². The molecule has 26 heavy (non-hydrogen) atoms. The van der Waals surface area contributed by atoms with E-state index >= 15 is 0 Å². The highest BCUT2D eigenvalue weighted by molar-refractivity contribution is 5.95. The molecule has 0 aliphatic heterocycles.